The van der Waals surface area contributed by atoms with E-state index in [-0.39, 0.29) is 12.4 Å². The molecule has 0 fully saturated rings. The Labute approximate surface area is 186 Å². The van der Waals surface area contributed by atoms with Gasteiger partial charge in [-0.05, 0) is 70.9 Å². The van der Waals surface area contributed by atoms with Crippen LogP contribution in [0.3, 0.4) is 0 Å². The number of benzene rings is 3. The summed E-state index contributed by atoms with van der Waals surface area (Å²) in [7, 11) is 0. The molecule has 0 radical (unpaired) electrons. The van der Waals surface area contributed by atoms with Gasteiger partial charge >= 0.3 is 6.01 Å². The van der Waals surface area contributed by atoms with Crippen molar-refractivity contribution in [2.45, 2.75) is 13.0 Å². The molecule has 4 rings (SSSR count). The topological polar surface area (TPSA) is 64.9 Å². The number of nitrogens with zero attached hydrogens (tertiary/aromatic N) is 4. The molecular weight excluding hydrogens is 421 g/mol. The summed E-state index contributed by atoms with van der Waals surface area (Å²) >= 11 is 5.92. The largest absolute Gasteiger partial charge is 1.00 e. The first-order valence-corrected chi connectivity index (χ1v) is 9.71. The Kier molecular flexibility index (Phi) is 7.79. The number of rotatable bonds is 8. The molecule has 30 heavy (non-hydrogen) atoms. The Morgan fingerprint density at radius 3 is 2.50 bits per heavy atom. The van der Waals surface area contributed by atoms with Crippen molar-refractivity contribution in [3.8, 4) is 17.4 Å². The normalized spacial score (nSPS) is 10.4. The second-order valence-electron chi connectivity index (χ2n) is 6.51. The second kappa shape index (κ2) is 10.7. The second-order valence-corrected chi connectivity index (χ2v) is 6.95. The lowest BCUT2D eigenvalue weighted by Gasteiger charge is -2.09. The Hall–Kier alpha value is -2.93. The third-order valence-electron chi connectivity index (χ3n) is 4.38. The standard InChI is InChI=1S/C22H20ClN5O.ClH/c23-19-11-9-17(10-12-19)13-14-24-16-18-5-4-8-21(15-18)29-22-25-26-27-28(22)20-6-2-1-3-7-20;/h1-12,15,24H,13-14,16H2;1H/p-1. The van der Waals surface area contributed by atoms with Crippen LogP contribution < -0.4 is 22.5 Å². The fraction of sp³-hybridized carbons (Fsp3) is 0.136. The summed E-state index contributed by atoms with van der Waals surface area (Å²) in [6.45, 7) is 1.62. The quantitative estimate of drug-likeness (QED) is 0.420. The SMILES string of the molecule is Clc1ccc(CCNCc2cccc(Oc3nnnn3-c3ccccc3)c2)cc1.[Cl-]. The molecule has 0 aliphatic heterocycles. The highest BCUT2D eigenvalue weighted by molar-refractivity contribution is 6.30. The minimum Gasteiger partial charge on any atom is -1.00 e. The van der Waals surface area contributed by atoms with Crippen molar-refractivity contribution in [1.82, 2.24) is 25.5 Å². The molecule has 0 amide bonds. The molecule has 0 saturated heterocycles. The van der Waals surface area contributed by atoms with Crippen molar-refractivity contribution in [3.05, 3.63) is 95.0 Å². The van der Waals surface area contributed by atoms with Gasteiger partial charge in [0, 0.05) is 11.6 Å². The fourth-order valence-electron chi connectivity index (χ4n) is 2.91. The number of para-hydroxylation sites is 1. The van der Waals surface area contributed by atoms with Crippen molar-refractivity contribution >= 4 is 11.6 Å². The molecule has 1 N–H and O–H groups in total. The van der Waals surface area contributed by atoms with Crippen molar-refractivity contribution in [1.29, 1.82) is 0 Å². The maximum absolute atomic E-state index is 5.92. The van der Waals surface area contributed by atoms with E-state index in [1.807, 2.05) is 60.7 Å². The van der Waals surface area contributed by atoms with Gasteiger partial charge in [0.25, 0.3) is 0 Å². The van der Waals surface area contributed by atoms with E-state index < -0.39 is 0 Å². The van der Waals surface area contributed by atoms with Gasteiger partial charge in [0.15, 0.2) is 0 Å². The summed E-state index contributed by atoms with van der Waals surface area (Å²) in [5.41, 5.74) is 3.22. The maximum Gasteiger partial charge on any atom is 0.345 e. The molecular formula is C22H20Cl2N5O-. The number of hydrogen-bond donors (Lipinski definition) is 1. The zero-order valence-electron chi connectivity index (χ0n) is 16.1. The Balaban J connectivity index is 0.00000256. The number of ether oxygens (including phenoxy) is 1. The lowest BCUT2D eigenvalue weighted by atomic mass is 10.1. The lowest BCUT2D eigenvalue weighted by molar-refractivity contribution is -0.00000654. The summed E-state index contributed by atoms with van der Waals surface area (Å²) in [4.78, 5) is 0. The molecule has 8 heteroatoms. The van der Waals surface area contributed by atoms with E-state index in [1.54, 1.807) is 4.68 Å². The monoisotopic (exact) mass is 440 g/mol. The first-order chi connectivity index (χ1) is 14.3. The van der Waals surface area contributed by atoms with Crippen LogP contribution in [0.2, 0.25) is 5.02 Å². The van der Waals surface area contributed by atoms with Crippen LogP contribution >= 0.6 is 11.6 Å². The Morgan fingerprint density at radius 1 is 0.900 bits per heavy atom. The van der Waals surface area contributed by atoms with Crippen molar-refractivity contribution in [2.75, 3.05) is 6.54 Å². The van der Waals surface area contributed by atoms with Crippen LogP contribution in [-0.4, -0.2) is 26.8 Å². The van der Waals surface area contributed by atoms with Gasteiger partial charge in [-0.15, -0.1) is 0 Å². The van der Waals surface area contributed by atoms with Crippen LogP contribution in [0.1, 0.15) is 11.1 Å². The van der Waals surface area contributed by atoms with Gasteiger partial charge in [-0.25, -0.2) is 0 Å². The van der Waals surface area contributed by atoms with Crippen molar-refractivity contribution in [2.24, 2.45) is 0 Å². The third kappa shape index (κ3) is 5.79. The van der Waals surface area contributed by atoms with Gasteiger partial charge in [-0.3, -0.25) is 0 Å². The number of nitrogens with one attached hydrogen (secondary N) is 1. The van der Waals surface area contributed by atoms with Crippen LogP contribution in [0, 0.1) is 0 Å². The Bertz CT molecular complexity index is 1050. The first kappa shape index (κ1) is 21.8. The number of tetrazole rings is 1. The molecule has 0 saturated carbocycles. The van der Waals surface area contributed by atoms with E-state index >= 15 is 0 Å². The fourth-order valence-corrected chi connectivity index (χ4v) is 3.04. The summed E-state index contributed by atoms with van der Waals surface area (Å²) in [5.74, 6) is 0.689. The molecule has 1 aromatic heterocycles. The highest BCUT2D eigenvalue weighted by Gasteiger charge is 2.10. The van der Waals surface area contributed by atoms with E-state index in [4.69, 9.17) is 16.3 Å². The van der Waals surface area contributed by atoms with E-state index in [2.05, 4.69) is 39.0 Å². The molecule has 0 spiro atoms. The minimum atomic E-state index is 0. The highest BCUT2D eigenvalue weighted by Crippen LogP contribution is 2.22. The summed E-state index contributed by atoms with van der Waals surface area (Å²) < 4.78 is 7.48. The molecule has 0 atom stereocenters. The van der Waals surface area contributed by atoms with Crippen LogP contribution in [0.25, 0.3) is 5.69 Å². The molecule has 4 aromatic rings. The maximum atomic E-state index is 5.92. The number of aromatic nitrogens is 4. The smallest absolute Gasteiger partial charge is 0.345 e. The first-order valence-electron chi connectivity index (χ1n) is 9.34. The van der Waals surface area contributed by atoms with Crippen LogP contribution in [0.4, 0.5) is 0 Å². The van der Waals surface area contributed by atoms with Crippen LogP contribution in [-0.2, 0) is 13.0 Å². The van der Waals surface area contributed by atoms with Gasteiger partial charge in [0.1, 0.15) is 5.75 Å². The average Bonchev–Trinajstić information content (AvgIpc) is 3.21. The van der Waals surface area contributed by atoms with Crippen LogP contribution in [0.15, 0.2) is 78.9 Å². The van der Waals surface area contributed by atoms with Crippen molar-refractivity contribution < 1.29 is 17.1 Å². The molecule has 1 heterocycles. The molecule has 0 aliphatic carbocycles. The average molecular weight is 441 g/mol. The predicted molar refractivity (Wildman–Crippen MR) is 113 cm³/mol. The summed E-state index contributed by atoms with van der Waals surface area (Å²) in [6, 6.07) is 25.8. The zero-order valence-corrected chi connectivity index (χ0v) is 17.6. The number of hydrogen-bond acceptors (Lipinski definition) is 5. The van der Waals surface area contributed by atoms with E-state index in [0.29, 0.717) is 11.8 Å². The van der Waals surface area contributed by atoms with Crippen LogP contribution in [0.5, 0.6) is 11.8 Å². The molecule has 154 valence electrons. The number of halogens is 2. The highest BCUT2D eigenvalue weighted by atomic mass is 35.5. The van der Waals surface area contributed by atoms with E-state index in [0.717, 1.165) is 35.8 Å². The zero-order chi connectivity index (χ0) is 19.9. The summed E-state index contributed by atoms with van der Waals surface area (Å²) in [6.07, 6.45) is 0.944. The third-order valence-corrected chi connectivity index (χ3v) is 4.63. The molecule has 0 unspecified atom stereocenters. The molecule has 3 aromatic carbocycles. The van der Waals surface area contributed by atoms with Crippen molar-refractivity contribution in [3.63, 3.8) is 0 Å². The van der Waals surface area contributed by atoms with Gasteiger partial charge in [0.2, 0.25) is 0 Å². The Morgan fingerprint density at radius 2 is 1.70 bits per heavy atom. The summed E-state index contributed by atoms with van der Waals surface area (Å²) in [5, 5.41) is 15.9. The lowest BCUT2D eigenvalue weighted by Crippen LogP contribution is -3.00. The van der Waals surface area contributed by atoms with Gasteiger partial charge < -0.3 is 22.5 Å². The van der Waals surface area contributed by atoms with Gasteiger partial charge in [-0.2, -0.15) is 4.68 Å². The van der Waals surface area contributed by atoms with E-state index in [9.17, 15) is 0 Å². The minimum absolute atomic E-state index is 0. The molecule has 6 nitrogen and oxygen atoms in total. The van der Waals surface area contributed by atoms with Gasteiger partial charge in [-0.1, -0.05) is 59.2 Å². The van der Waals surface area contributed by atoms with Gasteiger partial charge in [0.05, 0.1) is 5.69 Å². The van der Waals surface area contributed by atoms with E-state index in [1.165, 1.54) is 5.56 Å². The molecule has 0 aliphatic rings. The molecule has 0 bridgehead atoms. The predicted octanol–water partition coefficient (Wildman–Crippen LogP) is 1.44.